The van der Waals surface area contributed by atoms with Crippen molar-refractivity contribution in [3.63, 3.8) is 0 Å². The molecule has 1 aromatic rings. The van der Waals surface area contributed by atoms with Gasteiger partial charge in [0.05, 0.1) is 3.79 Å². The lowest BCUT2D eigenvalue weighted by Crippen LogP contribution is -2.19. The van der Waals surface area contributed by atoms with E-state index in [4.69, 9.17) is 4.74 Å². The average Bonchev–Trinajstić information content (AvgIpc) is 2.73. The van der Waals surface area contributed by atoms with Crippen LogP contribution >= 0.6 is 27.3 Å². The van der Waals surface area contributed by atoms with E-state index < -0.39 is 0 Å². The molecule has 1 aromatic heterocycles. The molecule has 4 heteroatoms. The van der Waals surface area contributed by atoms with Crippen molar-refractivity contribution in [1.29, 1.82) is 0 Å². The summed E-state index contributed by atoms with van der Waals surface area (Å²) in [5.74, 6) is 0.141. The second-order valence-electron chi connectivity index (χ2n) is 3.39. The zero-order valence-electron chi connectivity index (χ0n) is 7.88. The Labute approximate surface area is 95.4 Å². The molecular formula is C10H11BrO2S. The number of hydrogen-bond acceptors (Lipinski definition) is 3. The molecule has 1 atom stereocenters. The van der Waals surface area contributed by atoms with Gasteiger partial charge in [0.25, 0.3) is 0 Å². The van der Waals surface area contributed by atoms with Crippen LogP contribution in [-0.4, -0.2) is 18.5 Å². The molecule has 2 rings (SSSR count). The van der Waals surface area contributed by atoms with Gasteiger partial charge in [0.1, 0.15) is 6.10 Å². The summed E-state index contributed by atoms with van der Waals surface area (Å²) in [7, 11) is 0. The molecule has 0 radical (unpaired) electrons. The molecule has 1 saturated heterocycles. The highest BCUT2D eigenvalue weighted by Crippen LogP contribution is 2.29. The van der Waals surface area contributed by atoms with Gasteiger partial charge in [0, 0.05) is 17.0 Å². The lowest BCUT2D eigenvalue weighted by molar-refractivity contribution is 0.0643. The first-order valence-electron chi connectivity index (χ1n) is 4.60. The quantitative estimate of drug-likeness (QED) is 0.775. The predicted molar refractivity (Wildman–Crippen MR) is 60.1 cm³/mol. The lowest BCUT2D eigenvalue weighted by Gasteiger charge is -2.06. The molecule has 2 heterocycles. The average molecular weight is 275 g/mol. The number of ketones is 1. The second kappa shape index (κ2) is 4.13. The number of carbonyl (C=O) groups is 1. The summed E-state index contributed by atoms with van der Waals surface area (Å²) in [6.07, 6.45) is 1.67. The van der Waals surface area contributed by atoms with Gasteiger partial charge in [-0.05, 0) is 41.8 Å². The Balaban J connectivity index is 2.21. The lowest BCUT2D eigenvalue weighted by atomic mass is 10.1. The predicted octanol–water partition coefficient (Wildman–Crippen LogP) is 3.18. The zero-order valence-corrected chi connectivity index (χ0v) is 10.3. The van der Waals surface area contributed by atoms with Crippen LogP contribution in [0.2, 0.25) is 0 Å². The van der Waals surface area contributed by atoms with E-state index in [1.165, 1.54) is 0 Å². The van der Waals surface area contributed by atoms with Crippen molar-refractivity contribution in [2.24, 2.45) is 0 Å². The molecular weight excluding hydrogens is 264 g/mol. The van der Waals surface area contributed by atoms with Gasteiger partial charge >= 0.3 is 0 Å². The van der Waals surface area contributed by atoms with Crippen LogP contribution in [0.3, 0.4) is 0 Å². The minimum atomic E-state index is -0.199. The largest absolute Gasteiger partial charge is 0.370 e. The van der Waals surface area contributed by atoms with E-state index in [0.29, 0.717) is 0 Å². The summed E-state index contributed by atoms with van der Waals surface area (Å²) in [4.78, 5) is 13.0. The number of thiophene rings is 1. The van der Waals surface area contributed by atoms with E-state index in [9.17, 15) is 4.79 Å². The number of hydrogen-bond donors (Lipinski definition) is 0. The van der Waals surface area contributed by atoms with Crippen LogP contribution in [0.15, 0.2) is 9.85 Å². The first-order valence-corrected chi connectivity index (χ1v) is 6.21. The van der Waals surface area contributed by atoms with Crippen LogP contribution < -0.4 is 0 Å². The minimum absolute atomic E-state index is 0.141. The molecule has 0 N–H and O–H groups in total. The zero-order chi connectivity index (χ0) is 10.1. The highest BCUT2D eigenvalue weighted by atomic mass is 79.9. The van der Waals surface area contributed by atoms with Crippen molar-refractivity contribution < 1.29 is 9.53 Å². The van der Waals surface area contributed by atoms with Crippen LogP contribution in [0.25, 0.3) is 0 Å². The first-order chi connectivity index (χ1) is 6.68. The summed E-state index contributed by atoms with van der Waals surface area (Å²) < 4.78 is 6.38. The third-order valence-electron chi connectivity index (χ3n) is 2.38. The van der Waals surface area contributed by atoms with Crippen LogP contribution in [0.4, 0.5) is 0 Å². The van der Waals surface area contributed by atoms with Gasteiger partial charge in [-0.2, -0.15) is 0 Å². The molecule has 0 saturated carbocycles. The number of aryl methyl sites for hydroxylation is 1. The highest BCUT2D eigenvalue weighted by Gasteiger charge is 2.26. The van der Waals surface area contributed by atoms with Gasteiger partial charge < -0.3 is 4.74 Å². The van der Waals surface area contributed by atoms with Crippen molar-refractivity contribution in [2.45, 2.75) is 25.9 Å². The fraction of sp³-hybridized carbons (Fsp3) is 0.500. The van der Waals surface area contributed by atoms with E-state index in [-0.39, 0.29) is 11.9 Å². The molecule has 0 bridgehead atoms. The van der Waals surface area contributed by atoms with E-state index in [1.54, 1.807) is 11.3 Å². The molecule has 2 nitrogen and oxygen atoms in total. The molecule has 1 unspecified atom stereocenters. The monoisotopic (exact) mass is 274 g/mol. The highest BCUT2D eigenvalue weighted by molar-refractivity contribution is 9.11. The Morgan fingerprint density at radius 1 is 1.71 bits per heavy atom. The fourth-order valence-corrected chi connectivity index (χ4v) is 3.34. The molecule has 0 aromatic carbocycles. The van der Waals surface area contributed by atoms with Gasteiger partial charge in [-0.3, -0.25) is 4.79 Å². The Morgan fingerprint density at radius 3 is 3.00 bits per heavy atom. The maximum Gasteiger partial charge on any atom is 0.192 e. The Morgan fingerprint density at radius 2 is 2.50 bits per heavy atom. The Bertz CT molecular complexity index is 353. The molecule has 0 spiro atoms. The number of rotatable bonds is 2. The maximum absolute atomic E-state index is 11.9. The van der Waals surface area contributed by atoms with Crippen molar-refractivity contribution in [3.05, 3.63) is 20.3 Å². The number of carbonyl (C=O) groups excluding carboxylic acids is 1. The summed E-state index contributed by atoms with van der Waals surface area (Å²) in [6, 6.07) is 1.89. The second-order valence-corrected chi connectivity index (χ2v) is 6.02. The van der Waals surface area contributed by atoms with E-state index >= 15 is 0 Å². The van der Waals surface area contributed by atoms with Crippen LogP contribution in [0.1, 0.15) is 28.1 Å². The normalized spacial score (nSPS) is 21.4. The maximum atomic E-state index is 11.9. The van der Waals surface area contributed by atoms with Crippen molar-refractivity contribution in [1.82, 2.24) is 0 Å². The van der Waals surface area contributed by atoms with Gasteiger partial charge in [0.2, 0.25) is 0 Å². The Kier molecular flexibility index (Phi) is 3.04. The van der Waals surface area contributed by atoms with Crippen molar-refractivity contribution >= 4 is 33.0 Å². The van der Waals surface area contributed by atoms with E-state index in [0.717, 1.165) is 33.7 Å². The molecule has 0 aliphatic carbocycles. The molecule has 14 heavy (non-hydrogen) atoms. The van der Waals surface area contributed by atoms with E-state index in [1.807, 2.05) is 13.0 Å². The topological polar surface area (TPSA) is 26.3 Å². The molecule has 1 aliphatic rings. The first kappa shape index (κ1) is 10.3. The SMILES string of the molecule is Cc1sc(Br)cc1C(=O)C1CCCO1. The number of halogens is 1. The minimum Gasteiger partial charge on any atom is -0.370 e. The van der Waals surface area contributed by atoms with Crippen LogP contribution in [0.5, 0.6) is 0 Å². The van der Waals surface area contributed by atoms with Gasteiger partial charge in [0.15, 0.2) is 5.78 Å². The standard InChI is InChI=1S/C10H11BrO2S/c1-6-7(5-9(11)14-6)10(12)8-3-2-4-13-8/h5,8H,2-4H2,1H3. The van der Waals surface area contributed by atoms with Gasteiger partial charge in [-0.15, -0.1) is 11.3 Å². The van der Waals surface area contributed by atoms with Crippen LogP contribution in [0, 0.1) is 6.92 Å². The summed E-state index contributed by atoms with van der Waals surface area (Å²) >= 11 is 4.98. The van der Waals surface area contributed by atoms with Crippen molar-refractivity contribution in [2.75, 3.05) is 6.61 Å². The third kappa shape index (κ3) is 1.92. The summed E-state index contributed by atoms with van der Waals surface area (Å²) in [5.41, 5.74) is 0.814. The molecule has 0 amide bonds. The fourth-order valence-electron chi connectivity index (χ4n) is 1.65. The molecule has 1 aliphatic heterocycles. The molecule has 1 fully saturated rings. The van der Waals surface area contributed by atoms with Crippen LogP contribution in [-0.2, 0) is 4.74 Å². The molecule has 76 valence electrons. The van der Waals surface area contributed by atoms with Crippen molar-refractivity contribution in [3.8, 4) is 0 Å². The smallest absolute Gasteiger partial charge is 0.192 e. The third-order valence-corrected chi connectivity index (χ3v) is 3.93. The number of Topliss-reactive ketones (excluding diaryl/α,β-unsaturated/α-hetero) is 1. The Hall–Kier alpha value is -0.190. The van der Waals surface area contributed by atoms with Gasteiger partial charge in [-0.1, -0.05) is 0 Å². The summed E-state index contributed by atoms with van der Waals surface area (Å²) in [6.45, 7) is 2.69. The number of ether oxygens (including phenoxy) is 1. The van der Waals surface area contributed by atoms with Gasteiger partial charge in [-0.25, -0.2) is 0 Å². The summed E-state index contributed by atoms with van der Waals surface area (Å²) in [5, 5.41) is 0. The van der Waals surface area contributed by atoms with E-state index in [2.05, 4.69) is 15.9 Å².